The minimum absolute atomic E-state index is 0.00317. The van der Waals surface area contributed by atoms with E-state index in [-0.39, 0.29) is 13.2 Å². The van der Waals surface area contributed by atoms with Gasteiger partial charge < -0.3 is 20.3 Å². The van der Waals surface area contributed by atoms with Gasteiger partial charge in [-0.25, -0.2) is 9.59 Å². The number of nitrogens with two attached hydrogens (primary N) is 1. The van der Waals surface area contributed by atoms with Crippen LogP contribution in [0.5, 0.6) is 0 Å². The SMILES string of the molecule is CCOC(=O)C(N)(CC(=O)O)C(=O)OCC. The highest BCUT2D eigenvalue weighted by Crippen LogP contribution is 2.12. The Morgan fingerprint density at radius 2 is 1.50 bits per heavy atom. The van der Waals surface area contributed by atoms with Crippen molar-refractivity contribution in [2.24, 2.45) is 5.73 Å². The van der Waals surface area contributed by atoms with E-state index in [0.29, 0.717) is 0 Å². The minimum atomic E-state index is -2.28. The summed E-state index contributed by atoms with van der Waals surface area (Å²) in [7, 11) is 0. The number of carboxylic acid groups (broad SMARTS) is 1. The summed E-state index contributed by atoms with van der Waals surface area (Å²) in [5.74, 6) is -3.59. The van der Waals surface area contributed by atoms with Crippen LogP contribution in [0.2, 0.25) is 0 Å². The molecule has 0 bridgehead atoms. The van der Waals surface area contributed by atoms with Gasteiger partial charge in [-0.3, -0.25) is 4.79 Å². The van der Waals surface area contributed by atoms with Crippen LogP contribution >= 0.6 is 0 Å². The Morgan fingerprint density at radius 3 is 1.75 bits per heavy atom. The molecular weight excluding hydrogens is 218 g/mol. The van der Waals surface area contributed by atoms with E-state index in [9.17, 15) is 14.4 Å². The molecule has 0 fully saturated rings. The number of rotatable bonds is 6. The van der Waals surface area contributed by atoms with Crippen LogP contribution in [0.3, 0.4) is 0 Å². The van der Waals surface area contributed by atoms with E-state index in [1.165, 1.54) is 13.8 Å². The molecule has 92 valence electrons. The molecule has 0 heterocycles. The third kappa shape index (κ3) is 3.50. The van der Waals surface area contributed by atoms with Crippen molar-refractivity contribution in [2.45, 2.75) is 25.8 Å². The summed E-state index contributed by atoms with van der Waals surface area (Å²) in [5, 5.41) is 8.59. The number of carboxylic acids is 1. The predicted molar refractivity (Wildman–Crippen MR) is 52.4 cm³/mol. The van der Waals surface area contributed by atoms with Gasteiger partial charge in [0.15, 0.2) is 0 Å². The molecule has 0 aromatic rings. The Bertz CT molecular complexity index is 270. The molecule has 0 atom stereocenters. The fourth-order valence-electron chi connectivity index (χ4n) is 0.986. The van der Waals surface area contributed by atoms with Crippen LogP contribution in [0, 0.1) is 0 Å². The molecule has 0 spiro atoms. The summed E-state index contributed by atoms with van der Waals surface area (Å²) in [5.41, 5.74) is 3.15. The number of esters is 2. The molecule has 0 aliphatic carbocycles. The van der Waals surface area contributed by atoms with Crippen LogP contribution in [-0.2, 0) is 23.9 Å². The van der Waals surface area contributed by atoms with Gasteiger partial charge in [-0.2, -0.15) is 0 Å². The largest absolute Gasteiger partial charge is 0.481 e. The maximum atomic E-state index is 11.4. The molecule has 0 rings (SSSR count). The first-order valence-corrected chi connectivity index (χ1v) is 4.73. The molecule has 0 unspecified atom stereocenters. The molecule has 3 N–H and O–H groups in total. The van der Waals surface area contributed by atoms with Crippen molar-refractivity contribution in [1.29, 1.82) is 0 Å². The van der Waals surface area contributed by atoms with E-state index in [4.69, 9.17) is 10.8 Å². The van der Waals surface area contributed by atoms with Crippen LogP contribution in [0.15, 0.2) is 0 Å². The molecule has 0 saturated heterocycles. The van der Waals surface area contributed by atoms with Gasteiger partial charge in [0.05, 0.1) is 19.6 Å². The van der Waals surface area contributed by atoms with E-state index in [0.717, 1.165) is 0 Å². The third-order valence-corrected chi connectivity index (χ3v) is 1.71. The van der Waals surface area contributed by atoms with Crippen molar-refractivity contribution in [1.82, 2.24) is 0 Å². The van der Waals surface area contributed by atoms with E-state index in [1.54, 1.807) is 0 Å². The van der Waals surface area contributed by atoms with Gasteiger partial charge >= 0.3 is 17.9 Å². The van der Waals surface area contributed by atoms with Gasteiger partial charge in [-0.1, -0.05) is 0 Å². The molecule has 0 aromatic heterocycles. The second-order valence-electron chi connectivity index (χ2n) is 2.98. The topological polar surface area (TPSA) is 116 Å². The van der Waals surface area contributed by atoms with Crippen molar-refractivity contribution in [3.63, 3.8) is 0 Å². The average molecular weight is 233 g/mol. The quantitative estimate of drug-likeness (QED) is 0.459. The van der Waals surface area contributed by atoms with Crippen molar-refractivity contribution in [3.05, 3.63) is 0 Å². The highest BCUT2D eigenvalue weighted by molar-refractivity contribution is 6.07. The van der Waals surface area contributed by atoms with Crippen LogP contribution < -0.4 is 5.73 Å². The zero-order valence-electron chi connectivity index (χ0n) is 9.19. The normalized spacial score (nSPS) is 10.7. The van der Waals surface area contributed by atoms with Crippen molar-refractivity contribution >= 4 is 17.9 Å². The number of ether oxygens (including phenoxy) is 2. The van der Waals surface area contributed by atoms with E-state index < -0.39 is 29.9 Å². The number of carbonyl (C=O) groups is 3. The molecule has 0 aromatic carbocycles. The molecular formula is C9H15NO6. The zero-order chi connectivity index (χ0) is 12.8. The summed E-state index contributed by atoms with van der Waals surface area (Å²) in [6.45, 7) is 3.03. The highest BCUT2D eigenvalue weighted by atomic mass is 16.6. The van der Waals surface area contributed by atoms with Gasteiger partial charge in [0.25, 0.3) is 0 Å². The average Bonchev–Trinajstić information content (AvgIpc) is 2.17. The van der Waals surface area contributed by atoms with Crippen molar-refractivity contribution in [3.8, 4) is 0 Å². The molecule has 7 nitrogen and oxygen atoms in total. The fraction of sp³-hybridized carbons (Fsp3) is 0.667. The Hall–Kier alpha value is -1.63. The standard InChI is InChI=1S/C9H15NO6/c1-3-15-7(13)9(10,5-6(11)12)8(14)16-4-2/h3-5,10H2,1-2H3,(H,11,12). The molecule has 0 saturated carbocycles. The highest BCUT2D eigenvalue weighted by Gasteiger charge is 2.47. The molecule has 0 aliphatic rings. The molecule has 0 aliphatic heterocycles. The predicted octanol–water partition coefficient (Wildman–Crippen LogP) is -0.715. The Morgan fingerprint density at radius 1 is 1.12 bits per heavy atom. The lowest BCUT2D eigenvalue weighted by Crippen LogP contribution is -2.57. The van der Waals surface area contributed by atoms with Gasteiger partial charge in [-0.15, -0.1) is 0 Å². The van der Waals surface area contributed by atoms with Gasteiger partial charge in [0.1, 0.15) is 0 Å². The second kappa shape index (κ2) is 6.06. The van der Waals surface area contributed by atoms with Gasteiger partial charge in [0, 0.05) is 0 Å². The Kier molecular flexibility index (Phi) is 5.44. The third-order valence-electron chi connectivity index (χ3n) is 1.71. The van der Waals surface area contributed by atoms with Gasteiger partial charge in [-0.05, 0) is 13.8 Å². The number of carbonyl (C=O) groups excluding carboxylic acids is 2. The minimum Gasteiger partial charge on any atom is -0.481 e. The first-order valence-electron chi connectivity index (χ1n) is 4.73. The molecule has 0 amide bonds. The summed E-state index contributed by atoms with van der Waals surface area (Å²) in [6.07, 6.45) is -0.870. The maximum absolute atomic E-state index is 11.4. The van der Waals surface area contributed by atoms with Gasteiger partial charge in [0.2, 0.25) is 5.54 Å². The lowest BCUT2D eigenvalue weighted by molar-refractivity contribution is -0.167. The van der Waals surface area contributed by atoms with Crippen LogP contribution in [-0.4, -0.2) is 41.8 Å². The Labute approximate surface area is 92.5 Å². The van der Waals surface area contributed by atoms with Crippen LogP contribution in [0.4, 0.5) is 0 Å². The Balaban J connectivity index is 4.93. The van der Waals surface area contributed by atoms with E-state index in [1.807, 2.05) is 0 Å². The van der Waals surface area contributed by atoms with E-state index >= 15 is 0 Å². The molecule has 7 heteroatoms. The first kappa shape index (κ1) is 14.4. The van der Waals surface area contributed by atoms with Crippen molar-refractivity contribution < 1.29 is 29.0 Å². The lowest BCUT2D eigenvalue weighted by Gasteiger charge is -2.22. The zero-order valence-corrected chi connectivity index (χ0v) is 9.19. The smallest absolute Gasteiger partial charge is 0.338 e. The van der Waals surface area contributed by atoms with E-state index in [2.05, 4.69) is 9.47 Å². The number of aliphatic carboxylic acids is 1. The maximum Gasteiger partial charge on any atom is 0.338 e. The molecule has 16 heavy (non-hydrogen) atoms. The van der Waals surface area contributed by atoms with Crippen LogP contribution in [0.25, 0.3) is 0 Å². The molecule has 0 radical (unpaired) electrons. The van der Waals surface area contributed by atoms with Crippen molar-refractivity contribution in [2.75, 3.05) is 13.2 Å². The first-order chi connectivity index (χ1) is 7.38. The van der Waals surface area contributed by atoms with Crippen LogP contribution in [0.1, 0.15) is 20.3 Å². The monoisotopic (exact) mass is 233 g/mol. The summed E-state index contributed by atoms with van der Waals surface area (Å²) in [6, 6.07) is 0. The number of hydrogen-bond donors (Lipinski definition) is 2. The second-order valence-corrected chi connectivity index (χ2v) is 2.98. The summed E-state index contributed by atoms with van der Waals surface area (Å²) < 4.78 is 9.09. The summed E-state index contributed by atoms with van der Waals surface area (Å²) in [4.78, 5) is 33.3. The number of hydrogen-bond acceptors (Lipinski definition) is 6. The lowest BCUT2D eigenvalue weighted by atomic mass is 9.97. The summed E-state index contributed by atoms with van der Waals surface area (Å²) >= 11 is 0. The fourth-order valence-corrected chi connectivity index (χ4v) is 0.986.